The Hall–Kier alpha value is -3.22. The van der Waals surface area contributed by atoms with E-state index >= 15 is 0 Å². The van der Waals surface area contributed by atoms with Gasteiger partial charge in [0, 0.05) is 69.0 Å². The molecule has 3 heterocycles. The Kier molecular flexibility index (Phi) is 7.30. The van der Waals surface area contributed by atoms with Crippen LogP contribution < -0.4 is 10.6 Å². The van der Waals surface area contributed by atoms with E-state index < -0.39 is 10.0 Å². The van der Waals surface area contributed by atoms with Crippen molar-refractivity contribution in [2.75, 3.05) is 38.0 Å². The number of aromatic nitrogens is 2. The van der Waals surface area contributed by atoms with Crippen LogP contribution in [-0.4, -0.2) is 83.9 Å². The lowest BCUT2D eigenvalue weighted by molar-refractivity contribution is -0.117. The maximum Gasteiger partial charge on any atom is 0.241 e. The first-order valence-corrected chi connectivity index (χ1v) is 14.4. The average molecular weight is 540 g/mol. The van der Waals surface area contributed by atoms with E-state index in [9.17, 15) is 18.0 Å². The van der Waals surface area contributed by atoms with Gasteiger partial charge in [-0.05, 0) is 38.8 Å². The fourth-order valence-corrected chi connectivity index (χ4v) is 6.77. The first kappa shape index (κ1) is 26.4. The Labute approximate surface area is 222 Å². The molecule has 3 aliphatic rings. The van der Waals surface area contributed by atoms with Crippen LogP contribution in [0.25, 0.3) is 10.9 Å². The molecule has 38 heavy (non-hydrogen) atoms. The number of sulfonamides is 1. The largest absolute Gasteiger partial charge is 0.366 e. The molecule has 11 nitrogen and oxygen atoms in total. The molecule has 1 saturated carbocycles. The molecule has 0 bridgehead atoms. The Bertz CT molecular complexity index is 1440. The quantitative estimate of drug-likeness (QED) is 0.487. The number of Topliss-reactive ketones (excluding diaryl/α,β-unsaturated/α-hetero) is 1. The van der Waals surface area contributed by atoms with Gasteiger partial charge in [-0.15, -0.1) is 0 Å². The molecule has 5 rings (SSSR count). The summed E-state index contributed by atoms with van der Waals surface area (Å²) in [5.74, 6) is 1.06. The van der Waals surface area contributed by atoms with Crippen LogP contribution in [0.15, 0.2) is 40.1 Å². The number of carbonyl (C=O) groups excluding carboxylic acids is 2. The van der Waals surface area contributed by atoms with Crippen molar-refractivity contribution in [1.82, 2.24) is 24.5 Å². The molecule has 1 saturated heterocycles. The summed E-state index contributed by atoms with van der Waals surface area (Å²) in [6.07, 6.45) is 3.49. The minimum atomic E-state index is -3.66. The minimum Gasteiger partial charge on any atom is -0.366 e. The van der Waals surface area contributed by atoms with Gasteiger partial charge in [0.1, 0.15) is 18.0 Å². The van der Waals surface area contributed by atoms with E-state index in [1.165, 1.54) is 17.6 Å². The fourth-order valence-electron chi connectivity index (χ4n) is 5.08. The molecule has 2 N–H and O–H groups in total. The van der Waals surface area contributed by atoms with Crippen molar-refractivity contribution in [1.29, 1.82) is 0 Å². The van der Waals surface area contributed by atoms with Crippen LogP contribution in [0.1, 0.15) is 50.4 Å². The van der Waals surface area contributed by atoms with Crippen molar-refractivity contribution in [3.05, 3.63) is 40.7 Å². The molecular weight excluding hydrogens is 506 g/mol. The lowest BCUT2D eigenvalue weighted by atomic mass is 10.0. The van der Waals surface area contributed by atoms with Crippen LogP contribution in [0.3, 0.4) is 0 Å². The minimum absolute atomic E-state index is 0.0347. The fraction of sp³-hybridized carbons (Fsp3) is 0.500. The Balaban J connectivity index is 1.18. The first-order valence-electron chi connectivity index (χ1n) is 13.0. The van der Waals surface area contributed by atoms with Crippen LogP contribution in [0.5, 0.6) is 0 Å². The van der Waals surface area contributed by atoms with Crippen molar-refractivity contribution in [2.45, 2.75) is 46.1 Å². The molecule has 0 unspecified atom stereocenters. The van der Waals surface area contributed by atoms with Gasteiger partial charge in [0.05, 0.1) is 16.1 Å². The van der Waals surface area contributed by atoms with E-state index in [0.29, 0.717) is 61.2 Å². The van der Waals surface area contributed by atoms with Gasteiger partial charge in [-0.3, -0.25) is 14.5 Å². The van der Waals surface area contributed by atoms with Crippen LogP contribution in [0.2, 0.25) is 0 Å². The molecule has 202 valence electrons. The summed E-state index contributed by atoms with van der Waals surface area (Å²) in [4.78, 5) is 39.6. The van der Waals surface area contributed by atoms with Crippen LogP contribution in [0.4, 0.5) is 5.82 Å². The van der Waals surface area contributed by atoms with Gasteiger partial charge in [0.25, 0.3) is 0 Å². The number of benzene rings is 1. The molecule has 2 fully saturated rings. The van der Waals surface area contributed by atoms with Crippen LogP contribution in [0, 0.1) is 5.92 Å². The van der Waals surface area contributed by atoms with E-state index in [-0.39, 0.29) is 35.0 Å². The van der Waals surface area contributed by atoms with Gasteiger partial charge in [0.15, 0.2) is 5.78 Å². The maximum absolute atomic E-state index is 13.3. The summed E-state index contributed by atoms with van der Waals surface area (Å²) in [5.41, 5.74) is 1.76. The zero-order valence-corrected chi connectivity index (χ0v) is 22.7. The van der Waals surface area contributed by atoms with Gasteiger partial charge in [-0.1, -0.05) is 6.07 Å². The lowest BCUT2D eigenvalue weighted by Gasteiger charge is -2.35. The molecule has 0 spiro atoms. The van der Waals surface area contributed by atoms with Crippen molar-refractivity contribution in [3.63, 3.8) is 0 Å². The number of anilines is 1. The summed E-state index contributed by atoms with van der Waals surface area (Å²) < 4.78 is 28.0. The predicted octanol–water partition coefficient (Wildman–Crippen LogP) is 2.14. The van der Waals surface area contributed by atoms with Crippen molar-refractivity contribution in [2.24, 2.45) is 10.9 Å². The number of para-hydroxylation sites is 1. The summed E-state index contributed by atoms with van der Waals surface area (Å²) in [7, 11) is -3.66. The van der Waals surface area contributed by atoms with Gasteiger partial charge in [-0.25, -0.2) is 23.4 Å². The predicted molar refractivity (Wildman–Crippen MR) is 145 cm³/mol. The number of amides is 1. The normalized spacial score (nSPS) is 19.9. The Morgan fingerprint density at radius 3 is 2.55 bits per heavy atom. The topological polar surface area (TPSA) is 137 Å². The Morgan fingerprint density at radius 2 is 1.87 bits per heavy atom. The number of hydrogen-bond acceptors (Lipinski definition) is 9. The molecule has 12 heteroatoms. The van der Waals surface area contributed by atoms with Gasteiger partial charge >= 0.3 is 0 Å². The summed E-state index contributed by atoms with van der Waals surface area (Å²) in [6, 6.07) is 5.68. The summed E-state index contributed by atoms with van der Waals surface area (Å²) >= 11 is 0. The van der Waals surface area contributed by atoms with E-state index in [4.69, 9.17) is 0 Å². The molecule has 2 aromatic rings. The first-order chi connectivity index (χ1) is 18.1. The zero-order valence-electron chi connectivity index (χ0n) is 21.9. The SMILES string of the molecule is CC(=O)NC1=NC(C)=C(S(=O)(=O)N2CCN(C[C@H](C)Nc3ncnc4c(C(=O)C5CC5)cccc34)CC2)C1. The number of aliphatic imine (C=N–C) groups is 1. The third-order valence-electron chi connectivity index (χ3n) is 7.13. The molecule has 1 amide bonds. The highest BCUT2D eigenvalue weighted by molar-refractivity contribution is 7.93. The van der Waals surface area contributed by atoms with E-state index in [1.807, 2.05) is 18.2 Å². The second-order valence-corrected chi connectivity index (χ2v) is 12.2. The van der Waals surface area contributed by atoms with E-state index in [0.717, 1.165) is 18.2 Å². The van der Waals surface area contributed by atoms with E-state index in [2.05, 4.69) is 37.4 Å². The third-order valence-corrected chi connectivity index (χ3v) is 9.24. The third kappa shape index (κ3) is 5.47. The van der Waals surface area contributed by atoms with Gasteiger partial charge in [0.2, 0.25) is 15.9 Å². The summed E-state index contributed by atoms with van der Waals surface area (Å²) in [6.45, 7) is 7.76. The number of nitrogens with one attached hydrogen (secondary N) is 2. The molecule has 1 aromatic carbocycles. The number of carbonyl (C=O) groups is 2. The van der Waals surface area contributed by atoms with Crippen LogP contribution >= 0.6 is 0 Å². The highest BCUT2D eigenvalue weighted by Gasteiger charge is 2.35. The number of rotatable bonds is 8. The van der Waals surface area contributed by atoms with Crippen LogP contribution in [-0.2, 0) is 14.8 Å². The molecule has 1 aliphatic carbocycles. The molecule has 1 atom stereocenters. The number of fused-ring (bicyclic) bond motifs is 1. The van der Waals surface area contributed by atoms with Gasteiger partial charge in [-0.2, -0.15) is 4.31 Å². The lowest BCUT2D eigenvalue weighted by Crippen LogP contribution is -2.51. The van der Waals surface area contributed by atoms with E-state index in [1.54, 1.807) is 6.92 Å². The van der Waals surface area contributed by atoms with Crippen molar-refractivity contribution >= 4 is 44.3 Å². The van der Waals surface area contributed by atoms with Crippen molar-refractivity contribution in [3.8, 4) is 0 Å². The van der Waals surface area contributed by atoms with Gasteiger partial charge < -0.3 is 10.6 Å². The number of piperazine rings is 1. The smallest absolute Gasteiger partial charge is 0.241 e. The Morgan fingerprint density at radius 1 is 1.13 bits per heavy atom. The molecule has 0 radical (unpaired) electrons. The number of hydrogen-bond donors (Lipinski definition) is 2. The highest BCUT2D eigenvalue weighted by atomic mass is 32.2. The number of ketones is 1. The standard InChI is InChI=1S/C26H33N7O4S/c1-16(29-26-21-6-4-5-20(24(21)27-15-28-26)25(35)19-7-8-19)14-32-9-11-33(12-10-32)38(36,37)22-13-23(30-17(22)2)31-18(3)34/h4-6,15-16,19H,7-14H2,1-3H3,(H,27,28,29)(H,30,31,34)/t16-/m0/s1. The second kappa shape index (κ2) is 10.5. The monoisotopic (exact) mass is 539 g/mol. The highest BCUT2D eigenvalue weighted by Crippen LogP contribution is 2.35. The number of allylic oxidation sites excluding steroid dienone is 1. The average Bonchev–Trinajstić information content (AvgIpc) is 3.66. The molecule has 1 aromatic heterocycles. The zero-order chi connectivity index (χ0) is 27.0. The maximum atomic E-state index is 13.3. The molecule has 2 aliphatic heterocycles. The molecular formula is C26H33N7O4S. The second-order valence-electron chi connectivity index (χ2n) is 10.2. The van der Waals surface area contributed by atoms with Crippen molar-refractivity contribution < 1.29 is 18.0 Å². The number of nitrogens with zero attached hydrogens (tertiary/aromatic N) is 5. The summed E-state index contributed by atoms with van der Waals surface area (Å²) in [5, 5.41) is 6.88. The number of amidine groups is 1.